The number of hydrogen-bond donors (Lipinski definition) is 0. The van der Waals surface area contributed by atoms with Crippen LogP contribution in [0.15, 0.2) is 23.1 Å². The van der Waals surface area contributed by atoms with Crippen LogP contribution in [-0.2, 0) is 6.18 Å². The van der Waals surface area contributed by atoms with Crippen LogP contribution in [0.4, 0.5) is 13.2 Å². The molecular weight excluding hydrogens is 387 g/mol. The SMILES string of the molecule is Cc1ncncc1C(=O)N1CCC[C@H](c2cc(C(F)(F)F)c3c(C)noc3n2)C1. The number of amides is 1. The molecule has 1 fully saturated rings. The number of piperidine rings is 1. The Balaban J connectivity index is 1.67. The maximum Gasteiger partial charge on any atom is 0.417 e. The summed E-state index contributed by atoms with van der Waals surface area (Å²) in [6, 6.07) is 1.06. The largest absolute Gasteiger partial charge is 0.417 e. The molecule has 3 aromatic rings. The number of pyridine rings is 1. The van der Waals surface area contributed by atoms with E-state index in [1.807, 2.05) is 0 Å². The summed E-state index contributed by atoms with van der Waals surface area (Å²) in [5.74, 6) is -0.575. The molecule has 0 N–H and O–H groups in total. The second kappa shape index (κ2) is 7.09. The zero-order valence-electron chi connectivity index (χ0n) is 15.8. The zero-order valence-corrected chi connectivity index (χ0v) is 15.8. The summed E-state index contributed by atoms with van der Waals surface area (Å²) in [5.41, 5.74) is 0.391. The minimum absolute atomic E-state index is 0.123. The third-order valence-corrected chi connectivity index (χ3v) is 5.21. The lowest BCUT2D eigenvalue weighted by Gasteiger charge is -2.32. The number of fused-ring (bicyclic) bond motifs is 1. The van der Waals surface area contributed by atoms with Crippen LogP contribution >= 0.6 is 0 Å². The maximum absolute atomic E-state index is 13.6. The smallest absolute Gasteiger partial charge is 0.338 e. The van der Waals surface area contributed by atoms with Crippen molar-refractivity contribution in [1.29, 1.82) is 0 Å². The first-order valence-electron chi connectivity index (χ1n) is 9.15. The summed E-state index contributed by atoms with van der Waals surface area (Å²) >= 11 is 0. The van der Waals surface area contributed by atoms with Crippen LogP contribution in [0, 0.1) is 13.8 Å². The molecule has 4 heterocycles. The van der Waals surface area contributed by atoms with Gasteiger partial charge in [0.1, 0.15) is 6.33 Å². The summed E-state index contributed by atoms with van der Waals surface area (Å²) < 4.78 is 45.9. The van der Waals surface area contributed by atoms with Crippen LogP contribution in [0.5, 0.6) is 0 Å². The summed E-state index contributed by atoms with van der Waals surface area (Å²) in [6.07, 6.45) is -0.467. The van der Waals surface area contributed by atoms with Crippen LogP contribution in [0.25, 0.3) is 11.1 Å². The summed E-state index contributed by atoms with van der Waals surface area (Å²) in [6.45, 7) is 3.94. The van der Waals surface area contributed by atoms with Crippen LogP contribution in [-0.4, -0.2) is 44.0 Å². The van der Waals surface area contributed by atoms with Gasteiger partial charge in [-0.2, -0.15) is 13.2 Å². The molecule has 0 radical (unpaired) electrons. The Morgan fingerprint density at radius 3 is 2.79 bits per heavy atom. The first-order valence-corrected chi connectivity index (χ1v) is 9.15. The van der Waals surface area contributed by atoms with E-state index in [0.29, 0.717) is 30.6 Å². The van der Waals surface area contributed by atoms with E-state index in [-0.39, 0.29) is 40.9 Å². The van der Waals surface area contributed by atoms with Crippen molar-refractivity contribution < 1.29 is 22.5 Å². The normalized spacial score (nSPS) is 17.7. The number of nitrogens with zero attached hydrogens (tertiary/aromatic N) is 5. The molecule has 0 aromatic carbocycles. The van der Waals surface area contributed by atoms with E-state index in [9.17, 15) is 18.0 Å². The molecule has 1 aliphatic heterocycles. The van der Waals surface area contributed by atoms with Crippen molar-refractivity contribution in [2.45, 2.75) is 38.8 Å². The van der Waals surface area contributed by atoms with Gasteiger partial charge >= 0.3 is 6.18 Å². The molecular formula is C19H18F3N5O2. The molecule has 10 heteroatoms. The molecule has 1 atom stereocenters. The summed E-state index contributed by atoms with van der Waals surface area (Å²) in [7, 11) is 0. The molecule has 29 heavy (non-hydrogen) atoms. The topological polar surface area (TPSA) is 85.0 Å². The standard InChI is InChI=1S/C19H18F3N5O2/c1-10-13(7-23-9-24-10)18(28)27-5-3-4-12(8-27)15-6-14(19(20,21)22)16-11(2)26-29-17(16)25-15/h6-7,9,12H,3-5,8H2,1-2H3/t12-/m0/s1. The van der Waals surface area contributed by atoms with Crippen LogP contribution in [0.3, 0.4) is 0 Å². The van der Waals surface area contributed by atoms with Crippen LogP contribution < -0.4 is 0 Å². The lowest BCUT2D eigenvalue weighted by atomic mass is 9.92. The molecule has 1 aliphatic rings. The lowest BCUT2D eigenvalue weighted by molar-refractivity contribution is -0.136. The number of hydrogen-bond acceptors (Lipinski definition) is 6. The number of carbonyl (C=O) groups excluding carboxylic acids is 1. The van der Waals surface area contributed by atoms with Crippen molar-refractivity contribution >= 4 is 17.0 Å². The van der Waals surface area contributed by atoms with Gasteiger partial charge in [0, 0.05) is 25.2 Å². The van der Waals surface area contributed by atoms with Gasteiger partial charge in [-0.1, -0.05) is 5.16 Å². The highest BCUT2D eigenvalue weighted by atomic mass is 19.4. The van der Waals surface area contributed by atoms with E-state index in [4.69, 9.17) is 4.52 Å². The van der Waals surface area contributed by atoms with Crippen molar-refractivity contribution in [2.24, 2.45) is 0 Å². The maximum atomic E-state index is 13.6. The van der Waals surface area contributed by atoms with E-state index in [1.165, 1.54) is 19.4 Å². The Kier molecular flexibility index (Phi) is 4.71. The molecule has 1 amide bonds. The number of carbonyl (C=O) groups is 1. The van der Waals surface area contributed by atoms with E-state index in [2.05, 4.69) is 20.1 Å². The van der Waals surface area contributed by atoms with Gasteiger partial charge < -0.3 is 9.42 Å². The predicted octanol–water partition coefficient (Wildman–Crippen LogP) is 3.67. The highest BCUT2D eigenvalue weighted by Gasteiger charge is 2.37. The highest BCUT2D eigenvalue weighted by Crippen LogP contribution is 2.38. The highest BCUT2D eigenvalue weighted by molar-refractivity contribution is 5.95. The molecule has 7 nitrogen and oxygen atoms in total. The number of rotatable bonds is 2. The van der Waals surface area contributed by atoms with Crippen LogP contribution in [0.2, 0.25) is 0 Å². The van der Waals surface area contributed by atoms with E-state index in [1.54, 1.807) is 11.8 Å². The third-order valence-electron chi connectivity index (χ3n) is 5.21. The van der Waals surface area contributed by atoms with Crippen molar-refractivity contribution in [1.82, 2.24) is 25.0 Å². The average Bonchev–Trinajstić information content (AvgIpc) is 3.07. The van der Waals surface area contributed by atoms with Crippen LogP contribution in [0.1, 0.15) is 51.8 Å². The van der Waals surface area contributed by atoms with Gasteiger partial charge in [-0.3, -0.25) is 4.79 Å². The summed E-state index contributed by atoms with van der Waals surface area (Å²) in [5, 5.41) is 3.51. The molecule has 0 aliphatic carbocycles. The van der Waals surface area contributed by atoms with Gasteiger partial charge in [-0.25, -0.2) is 15.0 Å². The van der Waals surface area contributed by atoms with Gasteiger partial charge in [-0.05, 0) is 32.8 Å². The quantitative estimate of drug-likeness (QED) is 0.647. The zero-order chi connectivity index (χ0) is 20.8. The van der Waals surface area contributed by atoms with Crippen molar-refractivity contribution in [3.05, 3.63) is 46.8 Å². The number of alkyl halides is 3. The Morgan fingerprint density at radius 1 is 1.28 bits per heavy atom. The third kappa shape index (κ3) is 3.54. The van der Waals surface area contributed by atoms with Crippen molar-refractivity contribution in [3.63, 3.8) is 0 Å². The van der Waals surface area contributed by atoms with Gasteiger partial charge in [0.05, 0.1) is 33.6 Å². The van der Waals surface area contributed by atoms with Gasteiger partial charge in [0.15, 0.2) is 0 Å². The van der Waals surface area contributed by atoms with Crippen molar-refractivity contribution in [3.8, 4) is 0 Å². The molecule has 3 aromatic heterocycles. The van der Waals surface area contributed by atoms with Gasteiger partial charge in [-0.15, -0.1) is 0 Å². The average molecular weight is 405 g/mol. The molecule has 0 unspecified atom stereocenters. The molecule has 4 rings (SSSR count). The Labute approximate surface area is 163 Å². The Morgan fingerprint density at radius 2 is 2.07 bits per heavy atom. The Bertz CT molecular complexity index is 1080. The van der Waals surface area contributed by atoms with E-state index < -0.39 is 11.7 Å². The van der Waals surface area contributed by atoms with Gasteiger partial charge in [0.25, 0.3) is 11.6 Å². The monoisotopic (exact) mass is 405 g/mol. The fourth-order valence-corrected chi connectivity index (χ4v) is 3.72. The summed E-state index contributed by atoms with van der Waals surface area (Å²) in [4.78, 5) is 26.7. The Hall–Kier alpha value is -3.04. The molecule has 0 spiro atoms. The molecule has 1 saturated heterocycles. The second-order valence-corrected chi connectivity index (χ2v) is 7.15. The molecule has 0 bridgehead atoms. The minimum atomic E-state index is -4.56. The fraction of sp³-hybridized carbons (Fsp3) is 0.421. The molecule has 152 valence electrons. The number of halogens is 3. The van der Waals surface area contributed by atoms with E-state index >= 15 is 0 Å². The van der Waals surface area contributed by atoms with Crippen molar-refractivity contribution in [2.75, 3.05) is 13.1 Å². The first kappa shape index (κ1) is 19.3. The first-order chi connectivity index (χ1) is 13.8. The van der Waals surface area contributed by atoms with Gasteiger partial charge in [0.2, 0.25) is 0 Å². The predicted molar refractivity (Wildman–Crippen MR) is 96.2 cm³/mol. The molecule has 0 saturated carbocycles. The van der Waals surface area contributed by atoms with E-state index in [0.717, 1.165) is 6.07 Å². The number of likely N-dealkylation sites (tertiary alicyclic amines) is 1. The number of aryl methyl sites for hydroxylation is 2. The minimum Gasteiger partial charge on any atom is -0.338 e. The lowest BCUT2D eigenvalue weighted by Crippen LogP contribution is -2.39. The second-order valence-electron chi connectivity index (χ2n) is 7.15. The fourth-order valence-electron chi connectivity index (χ4n) is 3.72. The number of aromatic nitrogens is 4.